The van der Waals surface area contributed by atoms with Crippen molar-refractivity contribution < 1.29 is 17.6 Å². The van der Waals surface area contributed by atoms with Crippen molar-refractivity contribution in [3.05, 3.63) is 78.4 Å². The molecule has 12 heteroatoms. The van der Waals surface area contributed by atoms with Gasteiger partial charge in [0.15, 0.2) is 11.5 Å². The van der Waals surface area contributed by atoms with Gasteiger partial charge < -0.3 is 5.32 Å². The van der Waals surface area contributed by atoms with Gasteiger partial charge in [0.05, 0.1) is 16.3 Å². The first-order valence-corrected chi connectivity index (χ1v) is 12.3. The minimum Gasteiger partial charge on any atom is -0.323 e. The van der Waals surface area contributed by atoms with Gasteiger partial charge in [-0.25, -0.2) is 17.5 Å². The Bertz CT molecular complexity index is 1380. The summed E-state index contributed by atoms with van der Waals surface area (Å²) in [7, 11) is -3.63. The molecule has 0 saturated carbocycles. The summed E-state index contributed by atoms with van der Waals surface area (Å²) in [4.78, 5) is 12.3. The highest BCUT2D eigenvalue weighted by molar-refractivity contribution is 7.99. The van der Waals surface area contributed by atoms with Crippen LogP contribution < -0.4 is 10.0 Å². The van der Waals surface area contributed by atoms with Crippen molar-refractivity contribution in [3.8, 4) is 0 Å². The summed E-state index contributed by atoms with van der Waals surface area (Å²) in [6.07, 6.45) is 0.266. The van der Waals surface area contributed by atoms with E-state index in [1.807, 2.05) is 0 Å². The third-order valence-corrected chi connectivity index (χ3v) is 6.89. The van der Waals surface area contributed by atoms with Gasteiger partial charge in [-0.15, -0.1) is 10.2 Å². The molecule has 2 heterocycles. The number of para-hydroxylation sites is 1. The fourth-order valence-electron chi connectivity index (χ4n) is 2.92. The predicted octanol–water partition coefficient (Wildman–Crippen LogP) is 2.52. The fourth-order valence-corrected chi connectivity index (χ4v) is 4.63. The van der Waals surface area contributed by atoms with Gasteiger partial charge in [0.25, 0.3) is 0 Å². The quantitative estimate of drug-likeness (QED) is 0.349. The summed E-state index contributed by atoms with van der Waals surface area (Å²) in [5, 5.41) is 15.6. The molecule has 4 rings (SSSR count). The van der Waals surface area contributed by atoms with Crippen molar-refractivity contribution in [1.29, 1.82) is 0 Å². The van der Waals surface area contributed by atoms with Crippen molar-refractivity contribution in [2.45, 2.75) is 16.3 Å². The number of amides is 1. The minimum absolute atomic E-state index is 0.0289. The second-order valence-corrected chi connectivity index (χ2v) is 9.60. The molecule has 0 bridgehead atoms. The van der Waals surface area contributed by atoms with E-state index in [2.05, 4.69) is 25.3 Å². The second-order valence-electron chi connectivity index (χ2n) is 6.84. The number of halogens is 1. The molecule has 2 aromatic heterocycles. The highest BCUT2D eigenvalue weighted by Crippen LogP contribution is 2.18. The molecular weight excluding hydrogens is 467 g/mol. The van der Waals surface area contributed by atoms with Crippen LogP contribution in [0.5, 0.6) is 0 Å². The smallest absolute Gasteiger partial charge is 0.240 e. The zero-order valence-corrected chi connectivity index (χ0v) is 18.8. The molecule has 0 radical (unpaired) electrons. The van der Waals surface area contributed by atoms with Crippen LogP contribution in [0.25, 0.3) is 5.65 Å². The zero-order chi connectivity index (χ0) is 23.3. The molecule has 0 aliphatic rings. The third-order valence-electron chi connectivity index (χ3n) is 4.50. The number of sulfonamides is 1. The Labute approximate surface area is 193 Å². The minimum atomic E-state index is -3.63. The fraction of sp³-hybridized carbons (Fsp3) is 0.143. The lowest BCUT2D eigenvalue weighted by Crippen LogP contribution is -2.26. The summed E-state index contributed by atoms with van der Waals surface area (Å²) in [5.41, 5.74) is 0.613. The number of carbonyl (C=O) groups is 1. The van der Waals surface area contributed by atoms with Crippen LogP contribution in [0.3, 0.4) is 0 Å². The first-order valence-electron chi connectivity index (χ1n) is 9.85. The molecule has 0 saturated heterocycles. The lowest BCUT2D eigenvalue weighted by Gasteiger charge is -2.07. The van der Waals surface area contributed by atoms with Gasteiger partial charge in [-0.3, -0.25) is 4.79 Å². The number of aromatic nitrogens is 4. The van der Waals surface area contributed by atoms with Gasteiger partial charge in [0.2, 0.25) is 15.9 Å². The summed E-state index contributed by atoms with van der Waals surface area (Å²) in [6, 6.07) is 17.4. The number of rotatable bonds is 9. The van der Waals surface area contributed by atoms with Crippen LogP contribution in [-0.2, 0) is 21.2 Å². The van der Waals surface area contributed by atoms with Crippen LogP contribution in [-0.4, -0.2) is 46.4 Å². The van der Waals surface area contributed by atoms with Gasteiger partial charge in [0, 0.05) is 13.0 Å². The highest BCUT2D eigenvalue weighted by atomic mass is 32.2. The van der Waals surface area contributed by atoms with Crippen molar-refractivity contribution in [2.75, 3.05) is 17.6 Å². The summed E-state index contributed by atoms with van der Waals surface area (Å²) < 4.78 is 42.4. The van der Waals surface area contributed by atoms with Crippen molar-refractivity contribution in [2.24, 2.45) is 0 Å². The van der Waals surface area contributed by atoms with E-state index in [0.717, 1.165) is 0 Å². The number of anilines is 1. The molecule has 4 aromatic rings. The first-order chi connectivity index (χ1) is 15.9. The van der Waals surface area contributed by atoms with Gasteiger partial charge in [-0.1, -0.05) is 42.1 Å². The highest BCUT2D eigenvalue weighted by Gasteiger charge is 2.15. The number of fused-ring (bicyclic) bond motifs is 1. The molecule has 0 spiro atoms. The maximum Gasteiger partial charge on any atom is 0.240 e. The summed E-state index contributed by atoms with van der Waals surface area (Å²) in [6.45, 7) is 0.113. The van der Waals surface area contributed by atoms with Crippen LogP contribution in [0.1, 0.15) is 5.82 Å². The largest absolute Gasteiger partial charge is 0.323 e. The van der Waals surface area contributed by atoms with E-state index in [9.17, 15) is 17.6 Å². The van der Waals surface area contributed by atoms with Crippen LogP contribution in [0.15, 0.2) is 76.7 Å². The molecule has 0 atom stereocenters. The Morgan fingerprint density at radius 2 is 1.76 bits per heavy atom. The number of nitrogens with one attached hydrogen (secondary N) is 2. The average Bonchev–Trinajstić information content (AvgIpc) is 3.22. The van der Waals surface area contributed by atoms with E-state index >= 15 is 0 Å². The number of nitrogens with zero attached hydrogens (tertiary/aromatic N) is 4. The second kappa shape index (κ2) is 10.1. The predicted molar refractivity (Wildman–Crippen MR) is 122 cm³/mol. The average molecular weight is 487 g/mol. The van der Waals surface area contributed by atoms with E-state index in [1.54, 1.807) is 42.5 Å². The van der Waals surface area contributed by atoms with Gasteiger partial charge >= 0.3 is 0 Å². The molecule has 170 valence electrons. The molecule has 2 N–H and O–H groups in total. The maximum absolute atomic E-state index is 13.7. The topological polar surface area (TPSA) is 118 Å². The van der Waals surface area contributed by atoms with E-state index in [-0.39, 0.29) is 35.2 Å². The summed E-state index contributed by atoms with van der Waals surface area (Å²) >= 11 is 1.17. The molecular formula is C21H19FN6O3S2. The van der Waals surface area contributed by atoms with Crippen molar-refractivity contribution >= 4 is 39.0 Å². The van der Waals surface area contributed by atoms with E-state index < -0.39 is 15.8 Å². The molecule has 0 fully saturated rings. The Balaban J connectivity index is 1.37. The van der Waals surface area contributed by atoms with Crippen LogP contribution in [0.4, 0.5) is 10.1 Å². The molecule has 2 aromatic carbocycles. The third kappa shape index (κ3) is 5.72. The van der Waals surface area contributed by atoms with E-state index in [4.69, 9.17) is 0 Å². The molecule has 9 nitrogen and oxygen atoms in total. The maximum atomic E-state index is 13.7. The Hall–Kier alpha value is -3.35. The normalized spacial score (nSPS) is 11.5. The number of benzene rings is 2. The SMILES string of the molecule is O=C(CSc1ccc2nnc(CCNS(=O)(=O)c3ccccc3)n2n1)Nc1ccccc1F. The van der Waals surface area contributed by atoms with Crippen molar-refractivity contribution in [1.82, 2.24) is 24.5 Å². The molecule has 1 amide bonds. The van der Waals surface area contributed by atoms with E-state index in [0.29, 0.717) is 16.5 Å². The van der Waals surface area contributed by atoms with Gasteiger partial charge in [-0.2, -0.15) is 9.61 Å². The van der Waals surface area contributed by atoms with Crippen LogP contribution in [0, 0.1) is 5.82 Å². The molecule has 33 heavy (non-hydrogen) atoms. The zero-order valence-electron chi connectivity index (χ0n) is 17.2. The Morgan fingerprint density at radius 3 is 2.55 bits per heavy atom. The molecule has 0 aliphatic carbocycles. The van der Waals surface area contributed by atoms with Crippen LogP contribution >= 0.6 is 11.8 Å². The van der Waals surface area contributed by atoms with Crippen molar-refractivity contribution in [3.63, 3.8) is 0 Å². The van der Waals surface area contributed by atoms with Crippen LogP contribution in [0.2, 0.25) is 0 Å². The Morgan fingerprint density at radius 1 is 1.00 bits per heavy atom. The number of carbonyl (C=O) groups excluding carboxylic acids is 1. The Kier molecular flexibility index (Phi) is 6.96. The monoisotopic (exact) mass is 486 g/mol. The lowest BCUT2D eigenvalue weighted by atomic mass is 10.3. The molecule has 0 aliphatic heterocycles. The number of thioether (sulfide) groups is 1. The summed E-state index contributed by atoms with van der Waals surface area (Å²) in [5.74, 6) is -0.376. The van der Waals surface area contributed by atoms with Gasteiger partial charge in [-0.05, 0) is 36.4 Å². The molecule has 0 unspecified atom stereocenters. The number of hydrogen-bond donors (Lipinski definition) is 2. The lowest BCUT2D eigenvalue weighted by molar-refractivity contribution is -0.113. The van der Waals surface area contributed by atoms with Gasteiger partial charge in [0.1, 0.15) is 10.8 Å². The first kappa shape index (κ1) is 22.8. The van der Waals surface area contributed by atoms with E-state index in [1.165, 1.54) is 40.5 Å². The standard InChI is InChI=1S/C21H19FN6O3S2/c22-16-8-4-5-9-17(16)24-20(29)14-32-21-11-10-18-25-26-19(28(18)27-21)12-13-23-33(30,31)15-6-2-1-3-7-15/h1-11,23H,12-14H2,(H,24,29). The number of hydrogen-bond acceptors (Lipinski definition) is 7.